The predicted octanol–water partition coefficient (Wildman–Crippen LogP) is 0.427. The van der Waals surface area contributed by atoms with Gasteiger partial charge in [-0.05, 0) is 13.0 Å². The van der Waals surface area contributed by atoms with Crippen molar-refractivity contribution in [2.45, 2.75) is 6.92 Å². The van der Waals surface area contributed by atoms with Crippen molar-refractivity contribution in [1.82, 2.24) is 0 Å². The van der Waals surface area contributed by atoms with E-state index in [0.29, 0.717) is 6.61 Å². The lowest BCUT2D eigenvalue weighted by atomic mass is 10.5. The smallest absolute Gasteiger partial charge is 0.102 e. The summed E-state index contributed by atoms with van der Waals surface area (Å²) in [6.07, 6.45) is 1.73. The fraction of sp³-hybridized carbons (Fsp3) is 0.600. The summed E-state index contributed by atoms with van der Waals surface area (Å²) in [6, 6.07) is 0. The van der Waals surface area contributed by atoms with E-state index in [1.54, 1.807) is 13.0 Å². The van der Waals surface area contributed by atoms with Gasteiger partial charge in [-0.2, -0.15) is 0 Å². The quantitative estimate of drug-likeness (QED) is 0.331. The summed E-state index contributed by atoms with van der Waals surface area (Å²) < 4.78 is 0. The highest BCUT2D eigenvalue weighted by Gasteiger charge is 1.77. The SMILES string of the molecule is COOC/C=C(/C)N. The predicted molar refractivity (Wildman–Crippen MR) is 30.9 cm³/mol. The van der Waals surface area contributed by atoms with Crippen molar-refractivity contribution in [2.24, 2.45) is 5.73 Å². The molecule has 0 spiro atoms. The van der Waals surface area contributed by atoms with Crippen molar-refractivity contribution in [2.75, 3.05) is 13.7 Å². The third kappa shape index (κ3) is 5.46. The molecule has 0 bridgehead atoms. The van der Waals surface area contributed by atoms with Crippen molar-refractivity contribution in [3.05, 3.63) is 11.8 Å². The van der Waals surface area contributed by atoms with Crippen molar-refractivity contribution < 1.29 is 9.78 Å². The number of hydrogen-bond donors (Lipinski definition) is 1. The molecular formula is C5H11NO2. The Bertz CT molecular complexity index is 76.5. The van der Waals surface area contributed by atoms with Gasteiger partial charge in [-0.15, -0.1) is 0 Å². The second kappa shape index (κ2) is 4.61. The van der Waals surface area contributed by atoms with Crippen LogP contribution in [0, 0.1) is 0 Å². The van der Waals surface area contributed by atoms with Crippen LogP contribution >= 0.6 is 0 Å². The highest BCUT2D eigenvalue weighted by molar-refractivity contribution is 4.90. The summed E-state index contributed by atoms with van der Waals surface area (Å²) in [4.78, 5) is 8.78. The van der Waals surface area contributed by atoms with E-state index in [9.17, 15) is 0 Å². The second-order valence-electron chi connectivity index (χ2n) is 1.40. The molecule has 8 heavy (non-hydrogen) atoms. The molecule has 0 aliphatic heterocycles. The number of allylic oxidation sites excluding steroid dienone is 1. The maximum absolute atomic E-state index is 5.26. The molecule has 0 fully saturated rings. The summed E-state index contributed by atoms with van der Waals surface area (Å²) in [5, 5.41) is 0. The molecule has 0 aliphatic rings. The van der Waals surface area contributed by atoms with E-state index < -0.39 is 0 Å². The molecule has 0 saturated carbocycles. The maximum Gasteiger partial charge on any atom is 0.102 e. The number of nitrogens with two attached hydrogens (primary N) is 1. The van der Waals surface area contributed by atoms with Crippen molar-refractivity contribution in [1.29, 1.82) is 0 Å². The Kier molecular flexibility index (Phi) is 4.30. The van der Waals surface area contributed by atoms with Crippen LogP contribution in [0.1, 0.15) is 6.92 Å². The Labute approximate surface area is 49.0 Å². The van der Waals surface area contributed by atoms with E-state index in [1.807, 2.05) is 0 Å². The second-order valence-corrected chi connectivity index (χ2v) is 1.40. The minimum atomic E-state index is 0.416. The maximum atomic E-state index is 5.26. The molecule has 0 aliphatic carbocycles. The van der Waals surface area contributed by atoms with Gasteiger partial charge in [0.1, 0.15) is 6.61 Å². The molecule has 0 aromatic heterocycles. The molecule has 3 nitrogen and oxygen atoms in total. The van der Waals surface area contributed by atoms with Crippen LogP contribution in [-0.4, -0.2) is 13.7 Å². The Balaban J connectivity index is 3.03. The molecule has 0 aromatic rings. The van der Waals surface area contributed by atoms with Gasteiger partial charge in [0.2, 0.25) is 0 Å². The minimum absolute atomic E-state index is 0.416. The molecular weight excluding hydrogens is 106 g/mol. The van der Waals surface area contributed by atoms with Crippen molar-refractivity contribution in [3.8, 4) is 0 Å². The largest absolute Gasteiger partial charge is 0.402 e. The normalized spacial score (nSPS) is 12.0. The van der Waals surface area contributed by atoms with Crippen LogP contribution in [0.3, 0.4) is 0 Å². The number of hydrogen-bond acceptors (Lipinski definition) is 3. The van der Waals surface area contributed by atoms with Gasteiger partial charge in [-0.25, -0.2) is 9.78 Å². The molecule has 0 atom stereocenters. The zero-order chi connectivity index (χ0) is 6.41. The zero-order valence-electron chi connectivity index (χ0n) is 5.18. The van der Waals surface area contributed by atoms with Gasteiger partial charge in [0.15, 0.2) is 0 Å². The van der Waals surface area contributed by atoms with E-state index in [1.165, 1.54) is 7.11 Å². The summed E-state index contributed by atoms with van der Waals surface area (Å²) in [6.45, 7) is 2.21. The minimum Gasteiger partial charge on any atom is -0.402 e. The first kappa shape index (κ1) is 7.46. The van der Waals surface area contributed by atoms with E-state index >= 15 is 0 Å². The van der Waals surface area contributed by atoms with Gasteiger partial charge in [0, 0.05) is 5.70 Å². The summed E-state index contributed by atoms with van der Waals surface area (Å²) in [5.41, 5.74) is 6.00. The van der Waals surface area contributed by atoms with Crippen LogP contribution in [0.5, 0.6) is 0 Å². The molecule has 0 amide bonds. The third-order valence-electron chi connectivity index (χ3n) is 0.591. The van der Waals surface area contributed by atoms with Crippen LogP contribution in [0.2, 0.25) is 0 Å². The molecule has 3 heteroatoms. The van der Waals surface area contributed by atoms with Crippen LogP contribution in [0.4, 0.5) is 0 Å². The molecule has 0 rings (SSSR count). The topological polar surface area (TPSA) is 44.5 Å². The van der Waals surface area contributed by atoms with Crippen molar-refractivity contribution in [3.63, 3.8) is 0 Å². The Morgan fingerprint density at radius 2 is 2.38 bits per heavy atom. The van der Waals surface area contributed by atoms with Crippen molar-refractivity contribution >= 4 is 0 Å². The first-order chi connectivity index (χ1) is 3.77. The fourth-order valence-corrected chi connectivity index (χ4v) is 0.234. The van der Waals surface area contributed by atoms with Crippen LogP contribution in [0.15, 0.2) is 11.8 Å². The van der Waals surface area contributed by atoms with Gasteiger partial charge in [0.05, 0.1) is 7.11 Å². The van der Waals surface area contributed by atoms with Gasteiger partial charge in [0.25, 0.3) is 0 Å². The van der Waals surface area contributed by atoms with Gasteiger partial charge in [-0.3, -0.25) is 0 Å². The molecule has 2 N–H and O–H groups in total. The lowest BCUT2D eigenvalue weighted by Crippen LogP contribution is -1.95. The molecule has 0 heterocycles. The van der Waals surface area contributed by atoms with Crippen LogP contribution in [0.25, 0.3) is 0 Å². The van der Waals surface area contributed by atoms with E-state index in [4.69, 9.17) is 5.73 Å². The van der Waals surface area contributed by atoms with E-state index in [-0.39, 0.29) is 0 Å². The molecule has 48 valence electrons. The molecule has 0 saturated heterocycles. The lowest BCUT2D eigenvalue weighted by Gasteiger charge is -1.92. The summed E-state index contributed by atoms with van der Waals surface area (Å²) in [5.74, 6) is 0. The highest BCUT2D eigenvalue weighted by Crippen LogP contribution is 1.80. The molecule has 0 unspecified atom stereocenters. The first-order valence-corrected chi connectivity index (χ1v) is 2.35. The monoisotopic (exact) mass is 117 g/mol. The Morgan fingerprint density at radius 1 is 1.75 bits per heavy atom. The standard InChI is InChI=1S/C5H11NO2/c1-5(6)3-4-8-7-2/h3H,4,6H2,1-2H3/b5-3-. The first-order valence-electron chi connectivity index (χ1n) is 2.35. The highest BCUT2D eigenvalue weighted by atomic mass is 17.2. The Morgan fingerprint density at radius 3 is 2.75 bits per heavy atom. The van der Waals surface area contributed by atoms with Gasteiger partial charge < -0.3 is 5.73 Å². The number of rotatable bonds is 3. The van der Waals surface area contributed by atoms with E-state index in [2.05, 4.69) is 9.78 Å². The average Bonchev–Trinajstić information content (AvgIpc) is 1.66. The summed E-state index contributed by atoms with van der Waals surface area (Å²) in [7, 11) is 1.46. The van der Waals surface area contributed by atoms with Crippen LogP contribution in [-0.2, 0) is 9.78 Å². The molecule has 0 radical (unpaired) electrons. The van der Waals surface area contributed by atoms with E-state index in [0.717, 1.165) is 5.70 Å². The van der Waals surface area contributed by atoms with Gasteiger partial charge in [-0.1, -0.05) is 0 Å². The Hall–Kier alpha value is -0.540. The third-order valence-corrected chi connectivity index (χ3v) is 0.591. The lowest BCUT2D eigenvalue weighted by molar-refractivity contribution is -0.263. The molecule has 0 aromatic carbocycles. The fourth-order valence-electron chi connectivity index (χ4n) is 0.234. The van der Waals surface area contributed by atoms with Crippen LogP contribution < -0.4 is 5.73 Å². The zero-order valence-corrected chi connectivity index (χ0v) is 5.18. The van der Waals surface area contributed by atoms with Gasteiger partial charge >= 0.3 is 0 Å². The average molecular weight is 117 g/mol. The summed E-state index contributed by atoms with van der Waals surface area (Å²) >= 11 is 0.